The summed E-state index contributed by atoms with van der Waals surface area (Å²) in [4.78, 5) is 0. The molecule has 0 heterocycles. The van der Waals surface area contributed by atoms with Crippen molar-refractivity contribution in [3.63, 3.8) is 0 Å². The van der Waals surface area contributed by atoms with E-state index in [4.69, 9.17) is 0 Å². The van der Waals surface area contributed by atoms with Gasteiger partial charge >= 0.3 is 62.2 Å². The van der Waals surface area contributed by atoms with Gasteiger partial charge in [-0.2, -0.15) is 0 Å². The van der Waals surface area contributed by atoms with Gasteiger partial charge in [0.15, 0.2) is 0 Å². The van der Waals surface area contributed by atoms with Gasteiger partial charge in [-0.05, 0) is 5.70 Å². The quantitative estimate of drug-likeness (QED) is 0.383. The minimum absolute atomic E-state index is 0.844. The van der Waals surface area contributed by atoms with Crippen LogP contribution in [0.3, 0.4) is 0 Å². The highest BCUT2D eigenvalue weighted by Crippen LogP contribution is 2.00. The highest BCUT2D eigenvalue weighted by Gasteiger charge is 2.50. The van der Waals surface area contributed by atoms with Crippen LogP contribution in [0.4, 0.5) is 0 Å². The third-order valence-corrected chi connectivity index (χ3v) is 67.4. The monoisotopic (exact) mass is 572 g/mol. The molecule has 0 amide bonds. The molecule has 0 aliphatic rings. The second-order valence-electron chi connectivity index (χ2n) is 5.12. The van der Waals surface area contributed by atoms with E-state index >= 15 is 0 Å². The third kappa shape index (κ3) is 15.8. The van der Waals surface area contributed by atoms with Gasteiger partial charge in [-0.3, -0.25) is 0 Å². The van der Waals surface area contributed by atoms with Gasteiger partial charge in [0.2, 0.25) is 0 Å². The van der Waals surface area contributed by atoms with E-state index in [2.05, 4.69) is 6.58 Å². The van der Waals surface area contributed by atoms with E-state index in [0.717, 1.165) is 5.70 Å². The molecule has 0 aliphatic heterocycles. The van der Waals surface area contributed by atoms with Gasteiger partial charge in [0, 0.05) is 0 Å². The van der Waals surface area contributed by atoms with Gasteiger partial charge in [-0.25, -0.2) is 0 Å². The minimum Gasteiger partial charge on any atom is -0.389 e. The van der Waals surface area contributed by atoms with Crippen LogP contribution >= 0.6 is 0 Å². The summed E-state index contributed by atoms with van der Waals surface area (Å²) >= 11 is 0. The molecule has 0 fully saturated rings. The fourth-order valence-corrected chi connectivity index (χ4v) is 88.9. The Balaban J connectivity index is -0.000000231. The molecule has 0 rings (SSSR count). The molecule has 0 radical (unpaired) electrons. The van der Waals surface area contributed by atoms with Crippen LogP contribution in [-0.2, 0) is 35.7 Å². The first-order valence-corrected chi connectivity index (χ1v) is 32.7. The van der Waals surface area contributed by atoms with Crippen LogP contribution in [0.15, 0.2) is 12.3 Å². The number of rotatable bonds is 9. The molecule has 0 aromatic carbocycles. The molecule has 0 aromatic heterocycles. The second-order valence-corrected chi connectivity index (χ2v) is 50.9. The van der Waals surface area contributed by atoms with Crippen molar-refractivity contribution in [3.05, 3.63) is 12.3 Å². The molecule has 0 spiro atoms. The summed E-state index contributed by atoms with van der Waals surface area (Å²) in [7, 11) is -28.2. The largest absolute Gasteiger partial charge is 0.389 e. The molecule has 0 unspecified atom stereocenters. The van der Waals surface area contributed by atoms with Crippen molar-refractivity contribution in [3.8, 4) is 0 Å². The van der Waals surface area contributed by atoms with Gasteiger partial charge in [0.25, 0.3) is 0 Å². The molecule has 0 aromatic rings. The molecule has 30 heavy (non-hydrogen) atoms. The lowest BCUT2D eigenvalue weighted by atomic mass is 11.0. The maximum Gasteiger partial charge on any atom is 0.382 e. The predicted molar refractivity (Wildman–Crippen MR) is 130 cm³/mol. The van der Waals surface area contributed by atoms with E-state index in [1.54, 1.807) is 19.6 Å². The third-order valence-electron chi connectivity index (χ3n) is 2.33. The maximum atomic E-state index is 12.0. The number of hydrogen-bond acceptors (Lipinski definition) is 8. The van der Waals surface area contributed by atoms with Crippen LogP contribution in [0.25, 0.3) is 0 Å². The lowest BCUT2D eigenvalue weighted by molar-refractivity contribution is 0.535. The summed E-state index contributed by atoms with van der Waals surface area (Å²) in [5, 5.41) is 0. The molecule has 17 heteroatoms. The first kappa shape index (κ1) is 40.5. The lowest BCUT2D eigenvalue weighted by Gasteiger charge is -2.08. The van der Waals surface area contributed by atoms with Gasteiger partial charge in [-0.15, -0.1) is 6.58 Å². The highest BCUT2D eigenvalue weighted by atomic mass is 30.0. The van der Waals surface area contributed by atoms with Crippen molar-refractivity contribution >= 4 is 69.8 Å². The SMILES string of the molecule is C=C[Si](=O)[Si](=O)[Si](=O)[Si](=O)[Si](=O)[Si](=O)[Si](=O)[Si](=O)[Si](C)(C)C.CC.CC.CC.CC. The van der Waals surface area contributed by atoms with Crippen molar-refractivity contribution in [2.45, 2.75) is 75.0 Å². The number of hydrogen-bond donors (Lipinski definition) is 0. The zero-order chi connectivity index (χ0) is 25.8. The first-order valence-electron chi connectivity index (χ1n) is 9.83. The summed E-state index contributed by atoms with van der Waals surface area (Å²) in [5.74, 6) is 0. The van der Waals surface area contributed by atoms with Gasteiger partial charge in [-0.1, -0.05) is 75.0 Å². The zero-order valence-corrected chi connectivity index (χ0v) is 29.1. The molecule has 0 atom stereocenters. The van der Waals surface area contributed by atoms with Gasteiger partial charge in [0.1, 0.15) is 7.59 Å². The zero-order valence-electron chi connectivity index (χ0n) is 20.1. The van der Waals surface area contributed by atoms with Crippen LogP contribution in [0.1, 0.15) is 55.4 Å². The van der Waals surface area contributed by atoms with E-state index in [1.807, 2.05) is 55.4 Å². The van der Waals surface area contributed by atoms with E-state index in [1.165, 1.54) is 0 Å². The highest BCUT2D eigenvalue weighted by molar-refractivity contribution is 7.76. The summed E-state index contributed by atoms with van der Waals surface area (Å²) in [5.41, 5.74) is 0.844. The molecule has 172 valence electrons. The van der Waals surface area contributed by atoms with Crippen molar-refractivity contribution < 1.29 is 35.7 Å². The van der Waals surface area contributed by atoms with E-state index < -0.39 is 69.8 Å². The minimum atomic E-state index is -3.52. The Morgan fingerprint density at radius 2 is 0.733 bits per heavy atom. The van der Waals surface area contributed by atoms with E-state index in [0.29, 0.717) is 0 Å². The average Bonchev–Trinajstić information content (AvgIpc) is 2.79. The molecule has 0 bridgehead atoms. The van der Waals surface area contributed by atoms with E-state index in [9.17, 15) is 35.7 Å². The Morgan fingerprint density at radius 1 is 0.500 bits per heavy atom. The Kier molecular flexibility index (Phi) is 32.0. The van der Waals surface area contributed by atoms with Crippen LogP contribution in [0.5, 0.6) is 0 Å². The molecule has 0 saturated heterocycles. The van der Waals surface area contributed by atoms with Crippen LogP contribution in [-0.4, -0.2) is 69.8 Å². The Bertz CT molecular complexity index is 668. The normalized spacial score (nSPS) is 8.37. The molecule has 8 nitrogen and oxygen atoms in total. The Labute approximate surface area is 192 Å². The molecule has 0 aliphatic carbocycles. The molecular weight excluding hydrogens is 537 g/mol. The Hall–Kier alpha value is 0.0919. The van der Waals surface area contributed by atoms with Crippen molar-refractivity contribution in [2.75, 3.05) is 0 Å². The molecule has 0 N–H and O–H groups in total. The fourth-order valence-electron chi connectivity index (χ4n) is 1.06. The van der Waals surface area contributed by atoms with Crippen molar-refractivity contribution in [2.24, 2.45) is 0 Å². The van der Waals surface area contributed by atoms with Crippen LogP contribution in [0, 0.1) is 0 Å². The topological polar surface area (TPSA) is 137 Å². The van der Waals surface area contributed by atoms with Gasteiger partial charge < -0.3 is 35.7 Å². The summed E-state index contributed by atoms with van der Waals surface area (Å²) in [6.45, 7) is 24.1. The second kappa shape index (κ2) is 23.7. The standard InChI is InChI=1S/C5H12O8Si9.4C2H6/c1-5-14(6)15(7)16(8)17(9)18(10)19(11)20(12)21(13)22(2,3)4;4*1-2/h5H,1H2,2-4H3;4*1-2H3. The molecule has 0 saturated carbocycles. The average molecular weight is 573 g/mol. The van der Waals surface area contributed by atoms with Crippen LogP contribution < -0.4 is 0 Å². The maximum absolute atomic E-state index is 12.0. The predicted octanol–water partition coefficient (Wildman–Crippen LogP) is 2.16. The molecular formula is C13H36O8Si9. The van der Waals surface area contributed by atoms with E-state index in [-0.39, 0.29) is 0 Å². The van der Waals surface area contributed by atoms with Crippen molar-refractivity contribution in [1.29, 1.82) is 0 Å². The van der Waals surface area contributed by atoms with Crippen LogP contribution in [0.2, 0.25) is 19.6 Å². The first-order chi connectivity index (χ1) is 13.9. The van der Waals surface area contributed by atoms with Crippen molar-refractivity contribution in [1.82, 2.24) is 0 Å². The smallest absolute Gasteiger partial charge is 0.382 e. The van der Waals surface area contributed by atoms with Gasteiger partial charge in [0.05, 0.1) is 0 Å². The summed E-state index contributed by atoms with van der Waals surface area (Å²) < 4.78 is 94.3. The fraction of sp³-hybridized carbons (Fsp3) is 0.846. The summed E-state index contributed by atoms with van der Waals surface area (Å²) in [6, 6.07) is 0. The summed E-state index contributed by atoms with van der Waals surface area (Å²) in [6.07, 6.45) is 0. The lowest BCUT2D eigenvalue weighted by Crippen LogP contribution is -2.54. The Morgan fingerprint density at radius 3 is 0.967 bits per heavy atom.